The molecule has 0 saturated heterocycles. The van der Waals surface area contributed by atoms with Gasteiger partial charge in [-0.3, -0.25) is 0 Å². The average Bonchev–Trinajstić information content (AvgIpc) is 2.36. The van der Waals surface area contributed by atoms with Gasteiger partial charge in [-0.2, -0.15) is 0 Å². The number of halogens is 3. The summed E-state index contributed by atoms with van der Waals surface area (Å²) in [5.74, 6) is -0.260. The minimum absolute atomic E-state index is 0.0390. The highest BCUT2D eigenvalue weighted by Crippen LogP contribution is 2.28. The first kappa shape index (κ1) is 14.4. The monoisotopic (exact) mass is 341 g/mol. The van der Waals surface area contributed by atoms with Crippen LogP contribution in [-0.2, 0) is 0 Å². The number of aryl methyl sites for hydroxylation is 1. The molecule has 1 atom stereocenters. The van der Waals surface area contributed by atoms with Crippen LogP contribution in [0.15, 0.2) is 40.9 Å². The summed E-state index contributed by atoms with van der Waals surface area (Å²) in [5.41, 5.74) is 2.98. The predicted molar refractivity (Wildman–Crippen MR) is 82.3 cm³/mol. The quantitative estimate of drug-likeness (QED) is 0.752. The van der Waals surface area contributed by atoms with Crippen molar-refractivity contribution in [1.29, 1.82) is 0 Å². The van der Waals surface area contributed by atoms with Crippen molar-refractivity contribution in [3.63, 3.8) is 0 Å². The standard InChI is InChI=1S/C15H14BrClFN/c1-9-3-6-15(13(17)7-9)19-10(2)11-4-5-14(18)12(16)8-11/h3-8,10,19H,1-2H3. The molecule has 19 heavy (non-hydrogen) atoms. The predicted octanol–water partition coefficient (Wildman–Crippen LogP) is 5.72. The first-order chi connectivity index (χ1) is 8.97. The molecule has 4 heteroatoms. The van der Waals surface area contributed by atoms with Crippen LogP contribution < -0.4 is 5.32 Å². The number of rotatable bonds is 3. The van der Waals surface area contributed by atoms with Crippen molar-refractivity contribution in [2.45, 2.75) is 19.9 Å². The van der Waals surface area contributed by atoms with E-state index in [1.54, 1.807) is 12.1 Å². The second-order valence-electron chi connectivity index (χ2n) is 4.52. The van der Waals surface area contributed by atoms with Gasteiger partial charge in [0, 0.05) is 6.04 Å². The minimum atomic E-state index is -0.260. The van der Waals surface area contributed by atoms with Crippen LogP contribution in [0.25, 0.3) is 0 Å². The Balaban J connectivity index is 2.20. The molecule has 0 aliphatic rings. The molecule has 0 bridgehead atoms. The summed E-state index contributed by atoms with van der Waals surface area (Å²) in [6.07, 6.45) is 0. The third kappa shape index (κ3) is 3.48. The Morgan fingerprint density at radius 3 is 2.58 bits per heavy atom. The molecule has 1 nitrogen and oxygen atoms in total. The molecule has 2 aromatic rings. The second kappa shape index (κ2) is 5.93. The molecule has 0 saturated carbocycles. The fourth-order valence-corrected chi connectivity index (χ4v) is 2.52. The summed E-state index contributed by atoms with van der Waals surface area (Å²) in [6.45, 7) is 4.01. The molecule has 2 rings (SSSR count). The fraction of sp³-hybridized carbons (Fsp3) is 0.200. The van der Waals surface area contributed by atoms with Crippen LogP contribution in [0, 0.1) is 12.7 Å². The van der Waals surface area contributed by atoms with E-state index in [0.29, 0.717) is 9.50 Å². The van der Waals surface area contributed by atoms with Crippen LogP contribution in [0.2, 0.25) is 5.02 Å². The maximum absolute atomic E-state index is 13.2. The number of anilines is 1. The van der Waals surface area contributed by atoms with Gasteiger partial charge < -0.3 is 5.32 Å². The molecule has 0 aliphatic heterocycles. The smallest absolute Gasteiger partial charge is 0.137 e. The fourth-order valence-electron chi connectivity index (χ4n) is 1.84. The summed E-state index contributed by atoms with van der Waals surface area (Å²) in [6, 6.07) is 10.9. The van der Waals surface area contributed by atoms with Crippen LogP contribution in [0.1, 0.15) is 24.1 Å². The number of benzene rings is 2. The molecule has 0 aromatic heterocycles. The molecular formula is C15H14BrClFN. The summed E-state index contributed by atoms with van der Waals surface area (Å²) in [4.78, 5) is 0. The summed E-state index contributed by atoms with van der Waals surface area (Å²) in [5, 5.41) is 4.01. The lowest BCUT2D eigenvalue weighted by molar-refractivity contribution is 0.619. The number of nitrogens with one attached hydrogen (secondary N) is 1. The van der Waals surface area contributed by atoms with Gasteiger partial charge >= 0.3 is 0 Å². The Kier molecular flexibility index (Phi) is 4.48. The summed E-state index contributed by atoms with van der Waals surface area (Å²) in [7, 11) is 0. The number of hydrogen-bond acceptors (Lipinski definition) is 1. The second-order valence-corrected chi connectivity index (χ2v) is 5.78. The van der Waals surface area contributed by atoms with Crippen LogP contribution in [0.5, 0.6) is 0 Å². The van der Waals surface area contributed by atoms with E-state index in [2.05, 4.69) is 21.2 Å². The molecule has 1 N–H and O–H groups in total. The molecule has 0 heterocycles. The molecule has 1 unspecified atom stereocenters. The van der Waals surface area contributed by atoms with Gasteiger partial charge in [-0.1, -0.05) is 23.7 Å². The maximum Gasteiger partial charge on any atom is 0.137 e. The Morgan fingerprint density at radius 2 is 1.95 bits per heavy atom. The van der Waals surface area contributed by atoms with Crippen molar-refractivity contribution in [3.8, 4) is 0 Å². The van der Waals surface area contributed by atoms with Gasteiger partial charge in [-0.05, 0) is 65.2 Å². The lowest BCUT2D eigenvalue weighted by Gasteiger charge is -2.17. The summed E-state index contributed by atoms with van der Waals surface area (Å²) < 4.78 is 13.7. The Morgan fingerprint density at radius 1 is 1.21 bits per heavy atom. The minimum Gasteiger partial charge on any atom is -0.377 e. The first-order valence-electron chi connectivity index (χ1n) is 5.95. The third-order valence-electron chi connectivity index (χ3n) is 2.94. The van der Waals surface area contributed by atoms with E-state index < -0.39 is 0 Å². The van der Waals surface area contributed by atoms with Crippen LogP contribution in [-0.4, -0.2) is 0 Å². The van der Waals surface area contributed by atoms with Crippen molar-refractivity contribution in [2.24, 2.45) is 0 Å². The van der Waals surface area contributed by atoms with Gasteiger partial charge in [0.1, 0.15) is 5.82 Å². The Bertz CT molecular complexity index is 601. The molecule has 0 radical (unpaired) electrons. The van der Waals surface area contributed by atoms with Crippen LogP contribution in [0.4, 0.5) is 10.1 Å². The Labute approximate surface area is 125 Å². The number of hydrogen-bond donors (Lipinski definition) is 1. The van der Waals surface area contributed by atoms with Crippen molar-refractivity contribution < 1.29 is 4.39 Å². The van der Waals surface area contributed by atoms with Gasteiger partial charge in [0.05, 0.1) is 15.2 Å². The van der Waals surface area contributed by atoms with Crippen molar-refractivity contribution in [2.75, 3.05) is 5.32 Å². The topological polar surface area (TPSA) is 12.0 Å². The first-order valence-corrected chi connectivity index (χ1v) is 7.12. The van der Waals surface area contributed by atoms with E-state index >= 15 is 0 Å². The zero-order valence-corrected chi connectivity index (χ0v) is 13.0. The average molecular weight is 343 g/mol. The van der Waals surface area contributed by atoms with Gasteiger partial charge in [-0.25, -0.2) is 4.39 Å². The zero-order valence-electron chi connectivity index (χ0n) is 10.7. The van der Waals surface area contributed by atoms with Crippen molar-refractivity contribution in [3.05, 3.63) is 62.8 Å². The lowest BCUT2D eigenvalue weighted by atomic mass is 10.1. The molecule has 0 spiro atoms. The molecule has 2 aromatic carbocycles. The highest BCUT2D eigenvalue weighted by atomic mass is 79.9. The molecular weight excluding hydrogens is 329 g/mol. The largest absolute Gasteiger partial charge is 0.377 e. The van der Waals surface area contributed by atoms with E-state index in [1.807, 2.05) is 32.0 Å². The lowest BCUT2D eigenvalue weighted by Crippen LogP contribution is -2.07. The van der Waals surface area contributed by atoms with E-state index in [0.717, 1.165) is 16.8 Å². The molecule has 0 aliphatic carbocycles. The van der Waals surface area contributed by atoms with Crippen LogP contribution >= 0.6 is 27.5 Å². The van der Waals surface area contributed by atoms with E-state index in [9.17, 15) is 4.39 Å². The highest BCUT2D eigenvalue weighted by Gasteiger charge is 2.09. The van der Waals surface area contributed by atoms with Gasteiger partial charge in [-0.15, -0.1) is 0 Å². The zero-order chi connectivity index (χ0) is 14.0. The normalized spacial score (nSPS) is 12.3. The van der Waals surface area contributed by atoms with E-state index in [1.165, 1.54) is 6.07 Å². The van der Waals surface area contributed by atoms with E-state index in [4.69, 9.17) is 11.6 Å². The van der Waals surface area contributed by atoms with Gasteiger partial charge in [0.15, 0.2) is 0 Å². The Hall–Kier alpha value is -1.06. The maximum atomic E-state index is 13.2. The van der Waals surface area contributed by atoms with Crippen molar-refractivity contribution in [1.82, 2.24) is 0 Å². The molecule has 0 fully saturated rings. The van der Waals surface area contributed by atoms with Crippen LogP contribution in [0.3, 0.4) is 0 Å². The molecule has 0 amide bonds. The third-order valence-corrected chi connectivity index (χ3v) is 3.86. The van der Waals surface area contributed by atoms with Crippen molar-refractivity contribution >= 4 is 33.2 Å². The summed E-state index contributed by atoms with van der Waals surface area (Å²) >= 11 is 9.38. The van der Waals surface area contributed by atoms with E-state index in [-0.39, 0.29) is 11.9 Å². The highest BCUT2D eigenvalue weighted by molar-refractivity contribution is 9.10. The SMILES string of the molecule is Cc1ccc(NC(C)c2ccc(F)c(Br)c2)c(Cl)c1. The van der Waals surface area contributed by atoms with Gasteiger partial charge in [0.25, 0.3) is 0 Å². The molecule has 100 valence electrons. The van der Waals surface area contributed by atoms with Gasteiger partial charge in [0.2, 0.25) is 0 Å².